The normalized spacial score (nSPS) is 24.1. The molecule has 0 aliphatic heterocycles. The van der Waals surface area contributed by atoms with Gasteiger partial charge < -0.3 is 4.74 Å². The molecule has 0 heterocycles. The highest BCUT2D eigenvalue weighted by Crippen LogP contribution is 2.28. The van der Waals surface area contributed by atoms with Crippen molar-refractivity contribution in [3.05, 3.63) is 22.7 Å². The van der Waals surface area contributed by atoms with Crippen LogP contribution in [0.2, 0.25) is 0 Å². The first-order chi connectivity index (χ1) is 8.12. The Balaban J connectivity index is 2.76. The number of rotatable bonds is 5. The molecule has 1 rings (SSSR count). The molecule has 0 radical (unpaired) electrons. The van der Waals surface area contributed by atoms with E-state index in [0.717, 1.165) is 10.9 Å². The number of ether oxygens (including phenoxy) is 1. The monoisotopic (exact) mass is 299 g/mol. The van der Waals surface area contributed by atoms with Gasteiger partial charge in [0.2, 0.25) is 5.91 Å². The molecular formula is C13H18BrNO2. The van der Waals surface area contributed by atoms with E-state index in [1.807, 2.05) is 32.1 Å². The highest BCUT2D eigenvalue weighted by Gasteiger charge is 2.28. The minimum Gasteiger partial charge on any atom is -0.365 e. The molecule has 4 heteroatoms. The fourth-order valence-electron chi connectivity index (χ4n) is 1.65. The van der Waals surface area contributed by atoms with Crippen LogP contribution in [-0.4, -0.2) is 24.3 Å². The van der Waals surface area contributed by atoms with Crippen molar-refractivity contribution in [2.75, 3.05) is 6.61 Å². The maximum atomic E-state index is 11.4. The smallest absolute Gasteiger partial charge is 0.245 e. The molecule has 0 aromatic carbocycles. The van der Waals surface area contributed by atoms with Gasteiger partial charge in [0.1, 0.15) is 5.60 Å². The van der Waals surface area contributed by atoms with Gasteiger partial charge in [-0.25, -0.2) is 4.99 Å². The number of allylic oxidation sites excluding steroid dienone is 2. The zero-order valence-corrected chi connectivity index (χ0v) is 11.9. The average Bonchev–Trinajstić information content (AvgIpc) is 2.27. The highest BCUT2D eigenvalue weighted by atomic mass is 79.9. The van der Waals surface area contributed by atoms with Gasteiger partial charge in [0.05, 0.1) is 0 Å². The van der Waals surface area contributed by atoms with E-state index in [1.165, 1.54) is 0 Å². The van der Waals surface area contributed by atoms with E-state index in [-0.39, 0.29) is 5.91 Å². The predicted octanol–water partition coefficient (Wildman–Crippen LogP) is 3.40. The van der Waals surface area contributed by atoms with Crippen molar-refractivity contribution in [2.24, 2.45) is 4.99 Å². The van der Waals surface area contributed by atoms with Crippen LogP contribution in [0.3, 0.4) is 0 Å². The van der Waals surface area contributed by atoms with E-state index in [9.17, 15) is 4.79 Å². The largest absolute Gasteiger partial charge is 0.365 e. The first-order valence-corrected chi connectivity index (χ1v) is 6.67. The fraction of sp³-hybridized carbons (Fsp3) is 0.538. The Morgan fingerprint density at radius 2 is 2.41 bits per heavy atom. The van der Waals surface area contributed by atoms with Crippen molar-refractivity contribution in [1.82, 2.24) is 0 Å². The van der Waals surface area contributed by atoms with Crippen LogP contribution in [0.5, 0.6) is 0 Å². The lowest BCUT2D eigenvalue weighted by molar-refractivity contribution is -0.117. The van der Waals surface area contributed by atoms with Gasteiger partial charge in [0.15, 0.2) is 0 Å². The van der Waals surface area contributed by atoms with Crippen LogP contribution >= 0.6 is 15.9 Å². The number of amides is 1. The molecule has 0 aromatic rings. The SMILES string of the molecule is CCCC(=O)N=CC1(OCC)C=CC=C(Br)C1. The molecule has 0 saturated carbocycles. The second-order valence-electron chi connectivity index (χ2n) is 3.94. The first-order valence-electron chi connectivity index (χ1n) is 5.88. The summed E-state index contributed by atoms with van der Waals surface area (Å²) in [6.07, 6.45) is 9.43. The molecule has 0 saturated heterocycles. The van der Waals surface area contributed by atoms with Crippen molar-refractivity contribution in [3.63, 3.8) is 0 Å². The van der Waals surface area contributed by atoms with E-state index in [0.29, 0.717) is 19.4 Å². The van der Waals surface area contributed by atoms with Crippen molar-refractivity contribution >= 4 is 28.1 Å². The number of hydrogen-bond acceptors (Lipinski definition) is 2. The molecule has 0 N–H and O–H groups in total. The molecular weight excluding hydrogens is 282 g/mol. The molecule has 0 fully saturated rings. The molecule has 0 spiro atoms. The molecule has 94 valence electrons. The molecule has 1 atom stereocenters. The second-order valence-corrected chi connectivity index (χ2v) is 4.96. The van der Waals surface area contributed by atoms with Gasteiger partial charge in [0.25, 0.3) is 0 Å². The summed E-state index contributed by atoms with van der Waals surface area (Å²) in [5.41, 5.74) is -0.578. The lowest BCUT2D eigenvalue weighted by Crippen LogP contribution is -2.34. The molecule has 1 unspecified atom stereocenters. The molecule has 1 aliphatic rings. The Bertz CT molecular complexity index is 360. The Labute approximate surface area is 111 Å². The van der Waals surface area contributed by atoms with Gasteiger partial charge in [-0.1, -0.05) is 35.0 Å². The van der Waals surface area contributed by atoms with Crippen LogP contribution < -0.4 is 0 Å². The van der Waals surface area contributed by atoms with Gasteiger partial charge >= 0.3 is 0 Å². The molecule has 3 nitrogen and oxygen atoms in total. The fourth-order valence-corrected chi connectivity index (χ4v) is 2.24. The van der Waals surface area contributed by atoms with E-state index in [4.69, 9.17) is 4.74 Å². The molecule has 1 aliphatic carbocycles. The van der Waals surface area contributed by atoms with E-state index < -0.39 is 5.60 Å². The number of nitrogens with zero attached hydrogens (tertiary/aromatic N) is 1. The summed E-state index contributed by atoms with van der Waals surface area (Å²) < 4.78 is 6.75. The topological polar surface area (TPSA) is 38.7 Å². The highest BCUT2D eigenvalue weighted by molar-refractivity contribution is 9.11. The van der Waals surface area contributed by atoms with Crippen LogP contribution in [0.25, 0.3) is 0 Å². The number of halogens is 1. The maximum Gasteiger partial charge on any atom is 0.245 e. The van der Waals surface area contributed by atoms with Gasteiger partial charge in [-0.15, -0.1) is 0 Å². The Kier molecular flexibility index (Phi) is 5.78. The van der Waals surface area contributed by atoms with Crippen LogP contribution in [0.4, 0.5) is 0 Å². The second kappa shape index (κ2) is 6.87. The molecule has 0 bridgehead atoms. The molecule has 1 amide bonds. The third-order valence-electron chi connectivity index (χ3n) is 2.40. The zero-order valence-electron chi connectivity index (χ0n) is 10.3. The number of aliphatic imine (C=N–C) groups is 1. The zero-order chi connectivity index (χ0) is 12.7. The summed E-state index contributed by atoms with van der Waals surface area (Å²) in [6.45, 7) is 4.48. The number of carbonyl (C=O) groups is 1. The number of carbonyl (C=O) groups excluding carboxylic acids is 1. The summed E-state index contributed by atoms with van der Waals surface area (Å²) in [7, 11) is 0. The van der Waals surface area contributed by atoms with Crippen LogP contribution in [-0.2, 0) is 9.53 Å². The van der Waals surface area contributed by atoms with Gasteiger partial charge in [-0.3, -0.25) is 4.79 Å². The minimum atomic E-state index is -0.578. The van der Waals surface area contributed by atoms with Gasteiger partial charge in [-0.05, 0) is 23.9 Å². The van der Waals surface area contributed by atoms with Crippen molar-refractivity contribution in [3.8, 4) is 0 Å². The van der Waals surface area contributed by atoms with Crippen molar-refractivity contribution in [1.29, 1.82) is 0 Å². The summed E-state index contributed by atoms with van der Waals surface area (Å²) >= 11 is 3.45. The summed E-state index contributed by atoms with van der Waals surface area (Å²) in [6, 6.07) is 0. The molecule has 17 heavy (non-hydrogen) atoms. The quantitative estimate of drug-likeness (QED) is 0.730. The summed E-state index contributed by atoms with van der Waals surface area (Å²) in [5, 5.41) is 0. The average molecular weight is 300 g/mol. The lowest BCUT2D eigenvalue weighted by atomic mass is 9.96. The Hall–Kier alpha value is -0.740. The van der Waals surface area contributed by atoms with Crippen molar-refractivity contribution in [2.45, 2.75) is 38.7 Å². The molecule has 0 aromatic heterocycles. The predicted molar refractivity (Wildman–Crippen MR) is 73.5 cm³/mol. The lowest BCUT2D eigenvalue weighted by Gasteiger charge is -2.28. The van der Waals surface area contributed by atoms with Crippen molar-refractivity contribution < 1.29 is 9.53 Å². The van der Waals surface area contributed by atoms with Crippen LogP contribution in [0.15, 0.2) is 27.7 Å². The Morgan fingerprint density at radius 3 is 3.00 bits per heavy atom. The van der Waals surface area contributed by atoms with E-state index in [2.05, 4.69) is 20.9 Å². The van der Waals surface area contributed by atoms with Gasteiger partial charge in [-0.2, -0.15) is 0 Å². The van der Waals surface area contributed by atoms with Crippen LogP contribution in [0.1, 0.15) is 33.1 Å². The minimum absolute atomic E-state index is 0.0920. The summed E-state index contributed by atoms with van der Waals surface area (Å²) in [4.78, 5) is 15.4. The van der Waals surface area contributed by atoms with E-state index in [1.54, 1.807) is 6.21 Å². The number of hydrogen-bond donors (Lipinski definition) is 0. The summed E-state index contributed by atoms with van der Waals surface area (Å²) in [5.74, 6) is -0.0920. The Morgan fingerprint density at radius 1 is 1.65 bits per heavy atom. The van der Waals surface area contributed by atoms with E-state index >= 15 is 0 Å². The third kappa shape index (κ3) is 4.56. The van der Waals surface area contributed by atoms with Gasteiger partial charge in [0, 0.05) is 25.7 Å². The first kappa shape index (κ1) is 14.3. The standard InChI is InChI=1S/C13H18BrNO2/c1-3-6-12(16)15-10-13(17-4-2)8-5-7-11(14)9-13/h5,7-8,10H,3-4,6,9H2,1-2H3. The van der Waals surface area contributed by atoms with Crippen LogP contribution in [0, 0.1) is 0 Å². The third-order valence-corrected chi connectivity index (χ3v) is 2.95. The maximum absolute atomic E-state index is 11.4.